The molecule has 0 aliphatic rings. The van der Waals surface area contributed by atoms with Crippen LogP contribution in [0.3, 0.4) is 0 Å². The molecule has 12 heteroatoms. The van der Waals surface area contributed by atoms with E-state index in [9.17, 15) is 26.7 Å². The van der Waals surface area contributed by atoms with Gasteiger partial charge in [0.25, 0.3) is 6.43 Å². The van der Waals surface area contributed by atoms with Gasteiger partial charge in [-0.05, 0) is 37.6 Å². The summed E-state index contributed by atoms with van der Waals surface area (Å²) >= 11 is 0. The first-order valence-corrected chi connectivity index (χ1v) is 10.1. The zero-order valence-electron chi connectivity index (χ0n) is 18.1. The van der Waals surface area contributed by atoms with Crippen LogP contribution in [0, 0.1) is 13.8 Å². The van der Waals surface area contributed by atoms with Crippen molar-refractivity contribution in [2.45, 2.75) is 39.5 Å². The SMILES string of the molecule is Cc1cc(C(F)F)c2c(C)nn(CC(=O)Nc3cnn(Cc4cccc(C(F)(F)F)c4)c3)c2n1. The molecule has 7 nitrogen and oxygen atoms in total. The standard InChI is InChI=1S/C22H19F5N6O/c1-12-6-17(20(23)24)19-13(2)31-33(21(19)29-12)11-18(34)30-16-8-28-32(10-16)9-14-4-3-5-15(7-14)22(25,26)27/h3-8,10,20H,9,11H2,1-2H3,(H,30,34). The van der Waals surface area contributed by atoms with Crippen LogP contribution in [0.5, 0.6) is 0 Å². The average molecular weight is 478 g/mol. The highest BCUT2D eigenvalue weighted by atomic mass is 19.4. The van der Waals surface area contributed by atoms with Crippen LogP contribution in [-0.2, 0) is 24.1 Å². The molecular formula is C22H19F5N6O. The number of pyridine rings is 1. The first-order valence-electron chi connectivity index (χ1n) is 10.1. The number of nitrogens with zero attached hydrogens (tertiary/aromatic N) is 5. The fraction of sp³-hybridized carbons (Fsp3) is 0.273. The molecule has 178 valence electrons. The van der Waals surface area contributed by atoms with Crippen molar-refractivity contribution < 1.29 is 26.7 Å². The van der Waals surface area contributed by atoms with Gasteiger partial charge in [0.1, 0.15) is 6.54 Å². The molecule has 0 fully saturated rings. The molecule has 4 aromatic rings. The molecular weight excluding hydrogens is 459 g/mol. The maximum Gasteiger partial charge on any atom is 0.416 e. The number of benzene rings is 1. The molecule has 3 heterocycles. The number of halogens is 5. The van der Waals surface area contributed by atoms with Crippen molar-refractivity contribution in [2.75, 3.05) is 5.32 Å². The number of fused-ring (bicyclic) bond motifs is 1. The van der Waals surface area contributed by atoms with Gasteiger partial charge >= 0.3 is 6.18 Å². The van der Waals surface area contributed by atoms with Gasteiger partial charge in [0.15, 0.2) is 5.65 Å². The third kappa shape index (κ3) is 4.90. The Hall–Kier alpha value is -3.83. The van der Waals surface area contributed by atoms with E-state index in [0.717, 1.165) is 12.1 Å². The van der Waals surface area contributed by atoms with E-state index in [4.69, 9.17) is 0 Å². The van der Waals surface area contributed by atoms with E-state index < -0.39 is 24.1 Å². The fourth-order valence-corrected chi connectivity index (χ4v) is 3.68. The van der Waals surface area contributed by atoms with Crippen LogP contribution in [0.1, 0.15) is 34.5 Å². The Morgan fingerprint density at radius 3 is 2.65 bits per heavy atom. The van der Waals surface area contributed by atoms with Gasteiger partial charge in [-0.1, -0.05) is 12.1 Å². The smallest absolute Gasteiger partial charge is 0.322 e. The van der Waals surface area contributed by atoms with E-state index in [2.05, 4.69) is 20.5 Å². The molecule has 0 atom stereocenters. The van der Waals surface area contributed by atoms with Crippen molar-refractivity contribution in [3.8, 4) is 0 Å². The van der Waals surface area contributed by atoms with Crippen molar-refractivity contribution in [3.63, 3.8) is 0 Å². The topological polar surface area (TPSA) is 77.6 Å². The van der Waals surface area contributed by atoms with Crippen LogP contribution >= 0.6 is 0 Å². The lowest BCUT2D eigenvalue weighted by atomic mass is 10.1. The number of alkyl halides is 5. The Labute approximate surface area is 190 Å². The van der Waals surface area contributed by atoms with Gasteiger partial charge in [-0.25, -0.2) is 18.4 Å². The summed E-state index contributed by atoms with van der Waals surface area (Å²) in [5, 5.41) is 11.1. The average Bonchev–Trinajstić information content (AvgIpc) is 3.30. The third-order valence-corrected chi connectivity index (χ3v) is 5.08. The van der Waals surface area contributed by atoms with E-state index in [-0.39, 0.29) is 29.7 Å². The van der Waals surface area contributed by atoms with Crippen molar-refractivity contribution in [1.82, 2.24) is 24.5 Å². The van der Waals surface area contributed by atoms with Gasteiger partial charge in [-0.2, -0.15) is 23.4 Å². The highest BCUT2D eigenvalue weighted by molar-refractivity contribution is 5.91. The minimum absolute atomic E-state index is 0.0718. The Morgan fingerprint density at radius 1 is 1.18 bits per heavy atom. The number of rotatable bonds is 6. The molecule has 0 saturated carbocycles. The summed E-state index contributed by atoms with van der Waals surface area (Å²) in [5.74, 6) is -0.495. The number of nitrogens with one attached hydrogen (secondary N) is 1. The van der Waals surface area contributed by atoms with Gasteiger partial charge < -0.3 is 5.32 Å². The number of amides is 1. The van der Waals surface area contributed by atoms with Crippen molar-refractivity contribution in [1.29, 1.82) is 0 Å². The second-order valence-corrected chi connectivity index (χ2v) is 7.77. The molecule has 1 amide bonds. The molecule has 0 saturated heterocycles. The van der Waals surface area contributed by atoms with Gasteiger partial charge in [-0.3, -0.25) is 9.48 Å². The number of hydrogen-bond acceptors (Lipinski definition) is 4. The van der Waals surface area contributed by atoms with Crippen molar-refractivity contribution >= 4 is 22.6 Å². The summed E-state index contributed by atoms with van der Waals surface area (Å²) in [6.07, 6.45) is -4.33. The lowest BCUT2D eigenvalue weighted by molar-refractivity contribution is -0.137. The number of carbonyl (C=O) groups excluding carboxylic acids is 1. The molecule has 1 aromatic carbocycles. The summed E-state index contributed by atoms with van der Waals surface area (Å²) in [5.41, 5.74) is 0.657. The molecule has 34 heavy (non-hydrogen) atoms. The second-order valence-electron chi connectivity index (χ2n) is 7.77. The van der Waals surface area contributed by atoms with E-state index in [0.29, 0.717) is 22.6 Å². The highest BCUT2D eigenvalue weighted by Gasteiger charge is 2.30. The summed E-state index contributed by atoms with van der Waals surface area (Å²) in [4.78, 5) is 16.8. The van der Waals surface area contributed by atoms with Crippen molar-refractivity contribution in [3.05, 3.63) is 70.8 Å². The van der Waals surface area contributed by atoms with Crippen LogP contribution in [0.15, 0.2) is 42.7 Å². The highest BCUT2D eigenvalue weighted by Crippen LogP contribution is 2.31. The van der Waals surface area contributed by atoms with Crippen molar-refractivity contribution in [2.24, 2.45) is 0 Å². The molecule has 0 spiro atoms. The fourth-order valence-electron chi connectivity index (χ4n) is 3.68. The number of anilines is 1. The van der Waals surface area contributed by atoms with Crippen LogP contribution in [0.2, 0.25) is 0 Å². The van der Waals surface area contributed by atoms with Crippen LogP contribution in [0.4, 0.5) is 27.6 Å². The first kappa shape index (κ1) is 23.3. The summed E-state index contributed by atoms with van der Waals surface area (Å²) in [7, 11) is 0. The predicted molar refractivity (Wildman–Crippen MR) is 113 cm³/mol. The minimum atomic E-state index is -4.45. The normalized spacial score (nSPS) is 12.0. The maximum absolute atomic E-state index is 13.4. The zero-order chi connectivity index (χ0) is 24.6. The third-order valence-electron chi connectivity index (χ3n) is 5.08. The number of hydrogen-bond donors (Lipinski definition) is 1. The van der Waals surface area contributed by atoms with E-state index in [1.807, 2.05) is 0 Å². The molecule has 0 unspecified atom stereocenters. The lowest BCUT2D eigenvalue weighted by Crippen LogP contribution is -2.19. The molecule has 0 aliphatic heterocycles. The van der Waals surface area contributed by atoms with Crippen LogP contribution in [-0.4, -0.2) is 30.5 Å². The quantitative estimate of drug-likeness (QED) is 0.401. The Bertz CT molecular complexity index is 1360. The van der Waals surface area contributed by atoms with E-state index in [1.54, 1.807) is 19.9 Å². The minimum Gasteiger partial charge on any atom is -0.322 e. The van der Waals surface area contributed by atoms with Gasteiger partial charge in [0, 0.05) is 17.5 Å². The van der Waals surface area contributed by atoms with Gasteiger partial charge in [-0.15, -0.1) is 0 Å². The Kier molecular flexibility index (Phi) is 6.07. The van der Waals surface area contributed by atoms with Crippen LogP contribution < -0.4 is 5.32 Å². The maximum atomic E-state index is 13.4. The van der Waals surface area contributed by atoms with E-state index in [1.165, 1.54) is 33.9 Å². The molecule has 4 rings (SSSR count). The monoisotopic (exact) mass is 478 g/mol. The zero-order valence-corrected chi connectivity index (χ0v) is 18.1. The molecule has 3 aromatic heterocycles. The van der Waals surface area contributed by atoms with Crippen LogP contribution in [0.25, 0.3) is 11.0 Å². The lowest BCUT2D eigenvalue weighted by Gasteiger charge is -2.08. The molecule has 0 radical (unpaired) electrons. The molecule has 0 bridgehead atoms. The number of aryl methyl sites for hydroxylation is 2. The Morgan fingerprint density at radius 2 is 1.94 bits per heavy atom. The first-order chi connectivity index (χ1) is 16.0. The second kappa shape index (κ2) is 8.84. The molecule has 0 aliphatic carbocycles. The summed E-state index contributed by atoms with van der Waals surface area (Å²) < 4.78 is 68.2. The Balaban J connectivity index is 1.48. The predicted octanol–water partition coefficient (Wildman–Crippen LogP) is 4.89. The van der Waals surface area contributed by atoms with E-state index >= 15 is 0 Å². The largest absolute Gasteiger partial charge is 0.416 e. The number of aromatic nitrogens is 5. The van der Waals surface area contributed by atoms with Gasteiger partial charge in [0.2, 0.25) is 5.91 Å². The van der Waals surface area contributed by atoms with Gasteiger partial charge in [0.05, 0.1) is 35.1 Å². The summed E-state index contributed by atoms with van der Waals surface area (Å²) in [6.45, 7) is 2.94. The number of carbonyl (C=O) groups is 1. The summed E-state index contributed by atoms with van der Waals surface area (Å²) in [6, 6.07) is 6.18. The molecule has 1 N–H and O–H groups in total.